The Labute approximate surface area is 98.0 Å². The summed E-state index contributed by atoms with van der Waals surface area (Å²) in [7, 11) is 0. The lowest BCUT2D eigenvalue weighted by molar-refractivity contribution is 0.960. The van der Waals surface area contributed by atoms with E-state index in [1.807, 2.05) is 24.3 Å². The molecule has 0 aliphatic heterocycles. The van der Waals surface area contributed by atoms with E-state index in [1.54, 1.807) is 12.3 Å². The first-order valence-electron chi connectivity index (χ1n) is 4.53. The van der Waals surface area contributed by atoms with Gasteiger partial charge in [-0.25, -0.2) is 4.98 Å². The number of hydrogen-bond acceptors (Lipinski definition) is 2. The highest BCUT2D eigenvalue weighted by Crippen LogP contribution is 2.12. The van der Waals surface area contributed by atoms with Crippen LogP contribution in [-0.2, 0) is 6.42 Å². The van der Waals surface area contributed by atoms with Gasteiger partial charge in [0.15, 0.2) is 0 Å². The third-order valence-electron chi connectivity index (χ3n) is 1.98. The monoisotopic (exact) mass is 236 g/mol. The van der Waals surface area contributed by atoms with Gasteiger partial charge in [0.2, 0.25) is 0 Å². The van der Waals surface area contributed by atoms with Crippen LogP contribution in [0.2, 0.25) is 5.02 Å². The zero-order valence-corrected chi connectivity index (χ0v) is 9.48. The van der Waals surface area contributed by atoms with Crippen molar-refractivity contribution in [1.29, 1.82) is 0 Å². The summed E-state index contributed by atoms with van der Waals surface area (Å²) in [4.78, 5) is 7.24. The summed E-state index contributed by atoms with van der Waals surface area (Å²) in [6.07, 6.45) is 2.42. The third-order valence-corrected chi connectivity index (χ3v) is 2.46. The molecule has 0 bridgehead atoms. The minimum atomic E-state index is 0.696. The first kappa shape index (κ1) is 10.3. The fraction of sp³-hybridized carbons (Fsp3) is 0.0909. The van der Waals surface area contributed by atoms with Crippen LogP contribution in [0.5, 0.6) is 0 Å². The van der Waals surface area contributed by atoms with E-state index in [-0.39, 0.29) is 0 Å². The zero-order valence-electron chi connectivity index (χ0n) is 7.90. The molecule has 1 aromatic heterocycles. The Kier molecular flexibility index (Phi) is 3.14. The summed E-state index contributed by atoms with van der Waals surface area (Å²) in [5.74, 6) is 0.852. The summed E-state index contributed by atoms with van der Waals surface area (Å²) in [6.45, 7) is 0. The largest absolute Gasteiger partial charge is 0.335 e. The molecule has 4 heteroatoms. The van der Waals surface area contributed by atoms with Crippen molar-refractivity contribution in [2.24, 2.45) is 0 Å². The van der Waals surface area contributed by atoms with Gasteiger partial charge < -0.3 is 4.98 Å². The predicted molar refractivity (Wildman–Crippen MR) is 63.7 cm³/mol. The third kappa shape index (κ3) is 2.88. The average Bonchev–Trinajstić information content (AvgIpc) is 2.17. The van der Waals surface area contributed by atoms with E-state index in [1.165, 1.54) is 0 Å². The number of nitrogens with zero attached hydrogens (tertiary/aromatic N) is 1. The molecule has 2 rings (SSSR count). The molecule has 0 aliphatic carbocycles. The molecular formula is C11H9ClN2S. The minimum absolute atomic E-state index is 0.696. The Hall–Kier alpha value is -1.19. The Balaban J connectivity index is 2.26. The number of aromatic nitrogens is 2. The van der Waals surface area contributed by atoms with E-state index in [0.29, 0.717) is 11.1 Å². The number of benzene rings is 1. The van der Waals surface area contributed by atoms with Crippen LogP contribution >= 0.6 is 23.8 Å². The summed E-state index contributed by atoms with van der Waals surface area (Å²) >= 11 is 10.9. The molecular weight excluding hydrogens is 228 g/mol. The van der Waals surface area contributed by atoms with Gasteiger partial charge in [0.1, 0.15) is 10.5 Å². The standard InChI is InChI=1S/C11H9ClN2S/c12-9-3-1-2-8(6-9)7-10-13-5-4-11(15)14-10/h1-6H,7H2,(H,13,14,15). The van der Waals surface area contributed by atoms with Crippen molar-refractivity contribution in [3.8, 4) is 0 Å². The van der Waals surface area contributed by atoms with Crippen LogP contribution in [0.15, 0.2) is 36.5 Å². The van der Waals surface area contributed by atoms with Crippen molar-refractivity contribution >= 4 is 23.8 Å². The quantitative estimate of drug-likeness (QED) is 0.810. The van der Waals surface area contributed by atoms with Gasteiger partial charge in [-0.1, -0.05) is 36.0 Å². The molecule has 1 heterocycles. The zero-order chi connectivity index (χ0) is 10.7. The highest BCUT2D eigenvalue weighted by Gasteiger charge is 1.98. The highest BCUT2D eigenvalue weighted by atomic mass is 35.5. The lowest BCUT2D eigenvalue weighted by atomic mass is 10.1. The molecule has 1 aromatic carbocycles. The fourth-order valence-electron chi connectivity index (χ4n) is 1.34. The molecule has 15 heavy (non-hydrogen) atoms. The first-order chi connectivity index (χ1) is 7.24. The molecule has 0 fully saturated rings. The van der Waals surface area contributed by atoms with E-state index in [9.17, 15) is 0 Å². The topological polar surface area (TPSA) is 28.7 Å². The first-order valence-corrected chi connectivity index (χ1v) is 5.31. The Morgan fingerprint density at radius 3 is 2.93 bits per heavy atom. The average molecular weight is 237 g/mol. The number of rotatable bonds is 2. The van der Waals surface area contributed by atoms with Gasteiger partial charge in [0, 0.05) is 17.6 Å². The van der Waals surface area contributed by atoms with E-state index >= 15 is 0 Å². The highest BCUT2D eigenvalue weighted by molar-refractivity contribution is 7.71. The number of hydrogen-bond donors (Lipinski definition) is 1. The van der Waals surface area contributed by atoms with E-state index in [0.717, 1.165) is 16.4 Å². The van der Waals surface area contributed by atoms with Crippen molar-refractivity contribution < 1.29 is 0 Å². The maximum Gasteiger partial charge on any atom is 0.111 e. The fourth-order valence-corrected chi connectivity index (χ4v) is 1.73. The van der Waals surface area contributed by atoms with Gasteiger partial charge in [0.05, 0.1) is 0 Å². The second-order valence-corrected chi connectivity index (χ2v) is 4.06. The molecule has 1 N–H and O–H groups in total. The van der Waals surface area contributed by atoms with E-state index < -0.39 is 0 Å². The molecule has 0 aliphatic rings. The Bertz CT molecular complexity index is 522. The molecule has 0 saturated carbocycles. The van der Waals surface area contributed by atoms with Gasteiger partial charge in [-0.05, 0) is 23.8 Å². The molecule has 2 nitrogen and oxygen atoms in total. The van der Waals surface area contributed by atoms with Crippen LogP contribution in [0.1, 0.15) is 11.4 Å². The Morgan fingerprint density at radius 2 is 2.20 bits per heavy atom. The van der Waals surface area contributed by atoms with Crippen LogP contribution in [0.4, 0.5) is 0 Å². The molecule has 76 valence electrons. The van der Waals surface area contributed by atoms with Gasteiger partial charge in [-0.3, -0.25) is 0 Å². The molecule has 0 spiro atoms. The van der Waals surface area contributed by atoms with Crippen molar-refractivity contribution in [3.05, 3.63) is 57.6 Å². The van der Waals surface area contributed by atoms with Crippen molar-refractivity contribution in [2.75, 3.05) is 0 Å². The van der Waals surface area contributed by atoms with Gasteiger partial charge in [-0.15, -0.1) is 0 Å². The maximum atomic E-state index is 5.89. The maximum absolute atomic E-state index is 5.89. The molecule has 0 atom stereocenters. The van der Waals surface area contributed by atoms with Crippen LogP contribution in [0.25, 0.3) is 0 Å². The van der Waals surface area contributed by atoms with E-state index in [2.05, 4.69) is 9.97 Å². The minimum Gasteiger partial charge on any atom is -0.335 e. The van der Waals surface area contributed by atoms with Gasteiger partial charge in [-0.2, -0.15) is 0 Å². The molecule has 0 amide bonds. The summed E-state index contributed by atoms with van der Waals surface area (Å²) in [5, 5.41) is 0.738. The second kappa shape index (κ2) is 4.55. The summed E-state index contributed by atoms with van der Waals surface area (Å²) in [5.41, 5.74) is 1.12. The van der Waals surface area contributed by atoms with Crippen molar-refractivity contribution in [1.82, 2.24) is 9.97 Å². The van der Waals surface area contributed by atoms with Crippen LogP contribution < -0.4 is 0 Å². The Morgan fingerprint density at radius 1 is 1.33 bits per heavy atom. The number of aromatic amines is 1. The lowest BCUT2D eigenvalue weighted by Crippen LogP contribution is -1.95. The van der Waals surface area contributed by atoms with Crippen molar-refractivity contribution in [3.63, 3.8) is 0 Å². The molecule has 0 radical (unpaired) electrons. The lowest BCUT2D eigenvalue weighted by Gasteiger charge is -2.01. The van der Waals surface area contributed by atoms with Gasteiger partial charge in [0.25, 0.3) is 0 Å². The van der Waals surface area contributed by atoms with E-state index in [4.69, 9.17) is 23.8 Å². The predicted octanol–water partition coefficient (Wildman–Crippen LogP) is 3.38. The summed E-state index contributed by atoms with van der Waals surface area (Å²) in [6, 6.07) is 9.47. The molecule has 2 aromatic rings. The summed E-state index contributed by atoms with van der Waals surface area (Å²) < 4.78 is 0.696. The van der Waals surface area contributed by atoms with Crippen LogP contribution in [0.3, 0.4) is 0 Å². The molecule has 0 unspecified atom stereocenters. The SMILES string of the molecule is S=c1ccnc(Cc2cccc(Cl)c2)[nH]1. The van der Waals surface area contributed by atoms with Gasteiger partial charge >= 0.3 is 0 Å². The van der Waals surface area contributed by atoms with Crippen LogP contribution in [0, 0.1) is 4.64 Å². The number of halogens is 1. The normalized spacial score (nSPS) is 10.2. The number of H-pyrrole nitrogens is 1. The number of nitrogens with one attached hydrogen (secondary N) is 1. The second-order valence-electron chi connectivity index (χ2n) is 3.19. The van der Waals surface area contributed by atoms with Crippen LogP contribution in [-0.4, -0.2) is 9.97 Å². The smallest absolute Gasteiger partial charge is 0.111 e. The van der Waals surface area contributed by atoms with Crippen molar-refractivity contribution in [2.45, 2.75) is 6.42 Å². The molecule has 0 saturated heterocycles.